The van der Waals surface area contributed by atoms with E-state index in [2.05, 4.69) is 22.3 Å². The van der Waals surface area contributed by atoms with Gasteiger partial charge in [-0.25, -0.2) is 0 Å². The molecule has 1 aromatic heterocycles. The van der Waals surface area contributed by atoms with E-state index in [-0.39, 0.29) is 28.2 Å². The molecule has 220 valence electrons. The number of hydrogen-bond donors (Lipinski definition) is 2. The van der Waals surface area contributed by atoms with Crippen molar-refractivity contribution in [2.75, 3.05) is 36.9 Å². The highest BCUT2D eigenvalue weighted by Gasteiger charge is 2.29. The van der Waals surface area contributed by atoms with Gasteiger partial charge in [-0.3, -0.25) is 23.9 Å². The lowest BCUT2D eigenvalue weighted by Gasteiger charge is -2.29. The van der Waals surface area contributed by atoms with Gasteiger partial charge >= 0.3 is 6.18 Å². The summed E-state index contributed by atoms with van der Waals surface area (Å²) in [6, 6.07) is 16.8. The molecule has 4 rings (SSSR count). The summed E-state index contributed by atoms with van der Waals surface area (Å²) in [5, 5.41) is 14.2. The summed E-state index contributed by atoms with van der Waals surface area (Å²) in [5.41, 5.74) is 2.65. The Bertz CT molecular complexity index is 1710. The Kier molecular flexibility index (Phi) is 9.49. The van der Waals surface area contributed by atoms with Gasteiger partial charge < -0.3 is 15.5 Å². The first-order valence-corrected chi connectivity index (χ1v) is 13.9. The average molecular weight is 599 g/mol. The molecule has 0 bridgehead atoms. The molecule has 0 saturated heterocycles. The van der Waals surface area contributed by atoms with Gasteiger partial charge in [0.05, 0.1) is 6.54 Å². The quantitative estimate of drug-likeness (QED) is 0.412. The van der Waals surface area contributed by atoms with Gasteiger partial charge in [0.2, 0.25) is 5.91 Å². The van der Waals surface area contributed by atoms with E-state index >= 15 is 0 Å². The second kappa shape index (κ2) is 13.1. The molecule has 0 atom stereocenters. The third-order valence-corrected chi connectivity index (χ3v) is 7.90. The molecule has 2 aromatic carbocycles. The van der Waals surface area contributed by atoms with E-state index in [0.717, 1.165) is 28.9 Å². The van der Waals surface area contributed by atoms with Crippen molar-refractivity contribution < 1.29 is 22.8 Å². The van der Waals surface area contributed by atoms with Crippen molar-refractivity contribution in [3.05, 3.63) is 79.2 Å². The molecule has 0 saturated carbocycles. The van der Waals surface area contributed by atoms with Crippen molar-refractivity contribution in [1.29, 1.82) is 5.26 Å². The number of alkyl halides is 3. The van der Waals surface area contributed by atoms with Crippen molar-refractivity contribution in [2.45, 2.75) is 32.6 Å². The molecular weight excluding hydrogens is 569 g/mol. The molecule has 42 heavy (non-hydrogen) atoms. The number of nitriles is 1. The Labute approximate surface area is 243 Å². The first-order chi connectivity index (χ1) is 20.0. The number of carbonyl (C=O) groups excluding carboxylic acids is 2. The molecule has 3 aromatic rings. The maximum Gasteiger partial charge on any atom is 0.405 e. The van der Waals surface area contributed by atoms with Gasteiger partial charge in [-0.05, 0) is 42.7 Å². The molecule has 13 heteroatoms. The van der Waals surface area contributed by atoms with E-state index in [1.54, 1.807) is 54.5 Å². The zero-order valence-corrected chi connectivity index (χ0v) is 23.8. The molecule has 9 nitrogen and oxygen atoms in total. The fraction of sp³-hybridized carbons (Fsp3) is 0.310. The maximum absolute atomic E-state index is 13.1. The Balaban J connectivity index is 1.51. The Hall–Kier alpha value is -4.41. The number of benzene rings is 2. The van der Waals surface area contributed by atoms with Crippen LogP contribution in [0, 0.1) is 11.3 Å². The fourth-order valence-corrected chi connectivity index (χ4v) is 5.63. The molecule has 0 radical (unpaired) electrons. The summed E-state index contributed by atoms with van der Waals surface area (Å²) in [5.74, 6) is -1.29. The molecule has 0 unspecified atom stereocenters. The van der Waals surface area contributed by atoms with E-state index < -0.39 is 29.8 Å². The molecule has 2 amide bonds. The first-order valence-electron chi connectivity index (χ1n) is 13.1. The molecule has 1 aliphatic heterocycles. The molecular formula is C29H29F3N6O3S. The lowest BCUT2D eigenvalue weighted by atomic mass is 10.00. The highest BCUT2D eigenvalue weighted by molar-refractivity contribution is 7.07. The van der Waals surface area contributed by atoms with Crippen molar-refractivity contribution >= 4 is 46.3 Å². The number of rotatable bonds is 8. The molecule has 2 N–H and O–H groups in total. The van der Waals surface area contributed by atoms with Crippen molar-refractivity contribution in [1.82, 2.24) is 14.8 Å². The van der Waals surface area contributed by atoms with Crippen LogP contribution in [0.2, 0.25) is 0 Å². The number of anilines is 2. The first kappa shape index (κ1) is 30.5. The minimum absolute atomic E-state index is 0.0443. The number of halogens is 3. The molecule has 2 heterocycles. The lowest BCUT2D eigenvalue weighted by Crippen LogP contribution is -2.40. The van der Waals surface area contributed by atoms with Crippen molar-refractivity contribution in [3.63, 3.8) is 0 Å². The van der Waals surface area contributed by atoms with Crippen LogP contribution in [-0.4, -0.2) is 54.1 Å². The summed E-state index contributed by atoms with van der Waals surface area (Å²) < 4.78 is 38.9. The summed E-state index contributed by atoms with van der Waals surface area (Å²) in [4.78, 5) is 42.0. The van der Waals surface area contributed by atoms with Crippen molar-refractivity contribution in [2.24, 2.45) is 0 Å². The predicted octanol–water partition coefficient (Wildman–Crippen LogP) is 2.15. The van der Waals surface area contributed by atoms with E-state index in [4.69, 9.17) is 0 Å². The van der Waals surface area contributed by atoms with E-state index in [0.29, 0.717) is 17.9 Å². The fourth-order valence-electron chi connectivity index (χ4n) is 4.54. The number of thiazole rings is 1. The number of likely N-dealkylation sites (N-methyl/N-ethyl adjacent to an activating group) is 1. The summed E-state index contributed by atoms with van der Waals surface area (Å²) in [6.07, 6.45) is -2.36. The lowest BCUT2D eigenvalue weighted by molar-refractivity contribution is -0.135. The molecule has 0 fully saturated rings. The van der Waals surface area contributed by atoms with Crippen LogP contribution in [0.25, 0.3) is 11.8 Å². The Morgan fingerprint density at radius 2 is 1.90 bits per heavy atom. The van der Waals surface area contributed by atoms with E-state index in [1.807, 2.05) is 12.1 Å². The predicted molar refractivity (Wildman–Crippen MR) is 155 cm³/mol. The number of nitrogens with one attached hydrogen (secondary N) is 2. The van der Waals surface area contributed by atoms with Gasteiger partial charge in [0, 0.05) is 44.3 Å². The summed E-state index contributed by atoms with van der Waals surface area (Å²) >= 11 is 0.815. The average Bonchev–Trinajstić information content (AvgIpc) is 3.29. The number of nitrogens with zero attached hydrogens (tertiary/aromatic N) is 4. The summed E-state index contributed by atoms with van der Waals surface area (Å²) in [6.45, 7) is 1.88. The van der Waals surface area contributed by atoms with Crippen molar-refractivity contribution in [3.8, 4) is 6.07 Å². The van der Waals surface area contributed by atoms with Crippen LogP contribution in [0.5, 0.6) is 0 Å². The zero-order valence-electron chi connectivity index (χ0n) is 23.0. The number of aromatic nitrogens is 1. The minimum Gasteiger partial charge on any atom is -0.360 e. The Morgan fingerprint density at radius 1 is 1.17 bits per heavy atom. The van der Waals surface area contributed by atoms with Crippen LogP contribution in [0.15, 0.2) is 53.3 Å². The van der Waals surface area contributed by atoms with Gasteiger partial charge in [0.15, 0.2) is 5.57 Å². The number of hydrogen-bond acceptors (Lipinski definition) is 7. The molecule has 0 spiro atoms. The SMILES string of the molecule is CCn1c(=C(C#N)C(=O)NCC(F)(F)F)sc(=CNc2cccc(N(C)C(=O)CN3CCc4ccccc4C3)c2)c1=O. The monoisotopic (exact) mass is 598 g/mol. The largest absolute Gasteiger partial charge is 0.405 e. The minimum atomic E-state index is -4.65. The second-order valence-electron chi connectivity index (χ2n) is 9.63. The van der Waals surface area contributed by atoms with E-state index in [1.165, 1.54) is 17.3 Å². The molecule has 0 aliphatic carbocycles. The smallest absolute Gasteiger partial charge is 0.360 e. The van der Waals surface area contributed by atoms with Crippen LogP contribution < -0.4 is 30.3 Å². The zero-order chi connectivity index (χ0) is 30.4. The number of amides is 2. The van der Waals surface area contributed by atoms with Gasteiger partial charge in [-0.1, -0.05) is 30.3 Å². The maximum atomic E-state index is 13.1. The van der Waals surface area contributed by atoms with Crippen LogP contribution in [0.4, 0.5) is 24.5 Å². The standard InChI is InChI=1S/C29H29F3N6O3S/c1-3-38-27(41)24(42-28(38)23(14-33)26(40)35-18-29(30,31)32)15-34-21-9-6-10-22(13-21)36(2)25(39)17-37-12-11-19-7-4-5-8-20(19)16-37/h4-10,13,15,34H,3,11-12,16-18H2,1-2H3,(H,35,40). The normalized spacial score (nSPS) is 14.5. The van der Waals surface area contributed by atoms with Crippen LogP contribution >= 0.6 is 11.3 Å². The second-order valence-corrected chi connectivity index (χ2v) is 10.7. The van der Waals surface area contributed by atoms with E-state index in [9.17, 15) is 32.8 Å². The number of fused-ring (bicyclic) bond motifs is 1. The van der Waals surface area contributed by atoms with Gasteiger partial charge in [-0.15, -0.1) is 11.3 Å². The van der Waals surface area contributed by atoms with Gasteiger partial charge in [0.25, 0.3) is 11.5 Å². The summed E-state index contributed by atoms with van der Waals surface area (Å²) in [7, 11) is 1.69. The Morgan fingerprint density at radius 3 is 2.60 bits per heavy atom. The molecule has 1 aliphatic rings. The highest BCUT2D eigenvalue weighted by Crippen LogP contribution is 2.21. The van der Waals surface area contributed by atoms with Crippen LogP contribution in [0.3, 0.4) is 0 Å². The van der Waals surface area contributed by atoms with Gasteiger partial charge in [-0.2, -0.15) is 18.4 Å². The number of carbonyl (C=O) groups is 2. The highest BCUT2D eigenvalue weighted by atomic mass is 32.1. The van der Waals surface area contributed by atoms with Crippen LogP contribution in [-0.2, 0) is 29.1 Å². The van der Waals surface area contributed by atoms with Crippen LogP contribution in [0.1, 0.15) is 18.1 Å². The topological polar surface area (TPSA) is 110 Å². The third-order valence-electron chi connectivity index (χ3n) is 6.77. The third kappa shape index (κ3) is 7.26. The van der Waals surface area contributed by atoms with Gasteiger partial charge in [0.1, 0.15) is 21.8 Å².